The molecule has 0 unspecified atom stereocenters. The molecule has 1 aromatic heterocycles. The molecule has 0 saturated heterocycles. The normalized spacial score (nSPS) is 11.3. The van der Waals surface area contributed by atoms with E-state index in [4.69, 9.17) is 5.73 Å². The van der Waals surface area contributed by atoms with Crippen molar-refractivity contribution in [1.29, 1.82) is 0 Å². The molecular formula is C15H18ClFN2S2. The van der Waals surface area contributed by atoms with E-state index in [2.05, 4.69) is 29.4 Å². The Kier molecular flexibility index (Phi) is 7.39. The maximum absolute atomic E-state index is 13.3. The highest BCUT2D eigenvalue weighted by molar-refractivity contribution is 7.99. The molecule has 0 bridgehead atoms. The highest BCUT2D eigenvalue weighted by Gasteiger charge is 2.07. The van der Waals surface area contributed by atoms with E-state index in [1.807, 2.05) is 13.0 Å². The molecular weight excluding hydrogens is 327 g/mol. The molecule has 114 valence electrons. The van der Waals surface area contributed by atoms with Crippen LogP contribution in [-0.2, 0) is 0 Å². The first kappa shape index (κ1) is 18.2. The summed E-state index contributed by atoms with van der Waals surface area (Å²) in [6.07, 6.45) is 1.41. The number of nitrogens with zero attached hydrogens (tertiary/aromatic N) is 1. The van der Waals surface area contributed by atoms with Crippen LogP contribution in [0.25, 0.3) is 11.3 Å². The van der Waals surface area contributed by atoms with Gasteiger partial charge in [0.1, 0.15) is 5.83 Å². The van der Waals surface area contributed by atoms with E-state index in [1.54, 1.807) is 11.3 Å². The minimum Gasteiger partial charge on any atom is -0.327 e. The predicted molar refractivity (Wildman–Crippen MR) is 93.2 cm³/mol. The van der Waals surface area contributed by atoms with Crippen molar-refractivity contribution in [3.05, 3.63) is 46.1 Å². The fourth-order valence-corrected chi connectivity index (χ4v) is 3.30. The SMILES string of the molecule is Cc1nc(-c2ccc(SC/C(F)=C\CN)cc2C)cs1.Cl. The van der Waals surface area contributed by atoms with Gasteiger partial charge in [-0.15, -0.1) is 35.5 Å². The maximum Gasteiger partial charge on any atom is 0.107 e. The number of thiazole rings is 1. The molecule has 21 heavy (non-hydrogen) atoms. The summed E-state index contributed by atoms with van der Waals surface area (Å²) in [6.45, 7) is 4.30. The summed E-state index contributed by atoms with van der Waals surface area (Å²) in [5, 5.41) is 3.13. The third-order valence-corrected chi connectivity index (χ3v) is 4.59. The minimum atomic E-state index is -0.172. The fraction of sp³-hybridized carbons (Fsp3) is 0.267. The number of halogens is 2. The van der Waals surface area contributed by atoms with Gasteiger partial charge in [0, 0.05) is 28.1 Å². The van der Waals surface area contributed by atoms with Crippen LogP contribution < -0.4 is 5.73 Å². The zero-order valence-corrected chi connectivity index (χ0v) is 14.4. The van der Waals surface area contributed by atoms with Gasteiger partial charge in [-0.2, -0.15) is 0 Å². The van der Waals surface area contributed by atoms with E-state index in [1.165, 1.54) is 17.8 Å². The lowest BCUT2D eigenvalue weighted by Gasteiger charge is -2.06. The molecule has 0 aliphatic rings. The van der Waals surface area contributed by atoms with Crippen LogP contribution >= 0.6 is 35.5 Å². The summed E-state index contributed by atoms with van der Waals surface area (Å²) < 4.78 is 13.3. The van der Waals surface area contributed by atoms with Crippen LogP contribution in [0, 0.1) is 13.8 Å². The Morgan fingerprint density at radius 1 is 1.43 bits per heavy atom. The molecule has 0 fully saturated rings. The quantitative estimate of drug-likeness (QED) is 0.795. The number of benzene rings is 1. The first-order valence-electron chi connectivity index (χ1n) is 6.30. The van der Waals surface area contributed by atoms with Crippen molar-refractivity contribution in [1.82, 2.24) is 4.98 Å². The number of nitrogens with two attached hydrogens (primary N) is 1. The molecule has 2 aromatic rings. The van der Waals surface area contributed by atoms with Crippen molar-refractivity contribution in [2.24, 2.45) is 5.73 Å². The number of rotatable bonds is 5. The van der Waals surface area contributed by atoms with Gasteiger partial charge in [-0.3, -0.25) is 0 Å². The van der Waals surface area contributed by atoms with Gasteiger partial charge < -0.3 is 5.73 Å². The second kappa shape index (κ2) is 8.54. The van der Waals surface area contributed by atoms with E-state index in [0.29, 0.717) is 5.75 Å². The lowest BCUT2D eigenvalue weighted by atomic mass is 10.1. The molecule has 0 atom stereocenters. The molecule has 6 heteroatoms. The second-order valence-electron chi connectivity index (χ2n) is 4.40. The summed E-state index contributed by atoms with van der Waals surface area (Å²) in [5.41, 5.74) is 8.58. The Morgan fingerprint density at radius 2 is 2.19 bits per heavy atom. The van der Waals surface area contributed by atoms with Gasteiger partial charge in [0.2, 0.25) is 0 Å². The van der Waals surface area contributed by atoms with Gasteiger partial charge in [0.25, 0.3) is 0 Å². The molecule has 1 heterocycles. The van der Waals surface area contributed by atoms with Gasteiger partial charge in [-0.1, -0.05) is 6.07 Å². The van der Waals surface area contributed by atoms with Gasteiger partial charge in [0.15, 0.2) is 0 Å². The van der Waals surface area contributed by atoms with Crippen LogP contribution in [0.2, 0.25) is 0 Å². The number of aromatic nitrogens is 1. The van der Waals surface area contributed by atoms with E-state index >= 15 is 0 Å². The largest absolute Gasteiger partial charge is 0.327 e. The molecule has 0 aliphatic carbocycles. The van der Waals surface area contributed by atoms with Crippen LogP contribution in [0.5, 0.6) is 0 Å². The summed E-state index contributed by atoms with van der Waals surface area (Å²) in [4.78, 5) is 5.55. The van der Waals surface area contributed by atoms with Crippen LogP contribution in [0.3, 0.4) is 0 Å². The maximum atomic E-state index is 13.3. The van der Waals surface area contributed by atoms with Crippen LogP contribution in [0.4, 0.5) is 4.39 Å². The first-order valence-corrected chi connectivity index (χ1v) is 8.17. The summed E-state index contributed by atoms with van der Waals surface area (Å²) in [6, 6.07) is 6.14. The van der Waals surface area contributed by atoms with Gasteiger partial charge >= 0.3 is 0 Å². The van der Waals surface area contributed by atoms with E-state index in [-0.39, 0.29) is 24.8 Å². The van der Waals surface area contributed by atoms with Crippen molar-refractivity contribution in [3.63, 3.8) is 0 Å². The Bertz CT molecular complexity index is 626. The summed E-state index contributed by atoms with van der Waals surface area (Å²) >= 11 is 3.12. The lowest BCUT2D eigenvalue weighted by molar-refractivity contribution is 0.640. The van der Waals surface area contributed by atoms with Crippen molar-refractivity contribution >= 4 is 35.5 Å². The summed E-state index contributed by atoms with van der Waals surface area (Å²) in [7, 11) is 0. The van der Waals surface area contributed by atoms with Gasteiger partial charge in [0.05, 0.1) is 10.7 Å². The Labute approximate surface area is 139 Å². The van der Waals surface area contributed by atoms with Gasteiger partial charge in [-0.05, 0) is 37.6 Å². The number of thioether (sulfide) groups is 1. The predicted octanol–water partition coefficient (Wildman–Crippen LogP) is 4.75. The highest BCUT2D eigenvalue weighted by atomic mass is 35.5. The molecule has 0 amide bonds. The fourth-order valence-electron chi connectivity index (χ4n) is 1.84. The van der Waals surface area contributed by atoms with Crippen molar-refractivity contribution < 1.29 is 4.39 Å². The summed E-state index contributed by atoms with van der Waals surface area (Å²) in [5.74, 6) is 0.153. The third-order valence-electron chi connectivity index (χ3n) is 2.81. The van der Waals surface area contributed by atoms with E-state index in [9.17, 15) is 4.39 Å². The molecule has 2 N–H and O–H groups in total. The monoisotopic (exact) mass is 344 g/mol. The van der Waals surface area contributed by atoms with E-state index < -0.39 is 0 Å². The zero-order chi connectivity index (χ0) is 14.5. The molecule has 2 nitrogen and oxygen atoms in total. The Hall–Kier alpha value is -0.880. The Balaban J connectivity index is 0.00000220. The number of aryl methyl sites for hydroxylation is 2. The molecule has 2 rings (SSSR count). The number of hydrogen-bond donors (Lipinski definition) is 1. The van der Waals surface area contributed by atoms with Crippen LogP contribution in [0.15, 0.2) is 40.4 Å². The average Bonchev–Trinajstić information content (AvgIpc) is 2.83. The smallest absolute Gasteiger partial charge is 0.107 e. The molecule has 0 spiro atoms. The molecule has 0 saturated carbocycles. The first-order chi connectivity index (χ1) is 9.60. The molecule has 1 aromatic carbocycles. The topological polar surface area (TPSA) is 38.9 Å². The van der Waals surface area contributed by atoms with Crippen LogP contribution in [-0.4, -0.2) is 17.3 Å². The molecule has 0 aliphatic heterocycles. The standard InChI is InChI=1S/C15H17FN2S2.ClH/c1-10-7-13(20-8-12(16)5-6-17)3-4-14(10)15-9-19-11(2)18-15;/h3-5,7,9H,6,8,17H2,1-2H3;1H/b12-5+;. The molecule has 0 radical (unpaired) electrons. The average molecular weight is 345 g/mol. The lowest BCUT2D eigenvalue weighted by Crippen LogP contribution is -1.95. The second-order valence-corrected chi connectivity index (χ2v) is 6.51. The van der Waals surface area contributed by atoms with Crippen LogP contribution in [0.1, 0.15) is 10.6 Å². The minimum absolute atomic E-state index is 0. The van der Waals surface area contributed by atoms with Gasteiger partial charge in [-0.25, -0.2) is 9.37 Å². The zero-order valence-electron chi connectivity index (χ0n) is 11.9. The van der Waals surface area contributed by atoms with Crippen molar-refractivity contribution in [3.8, 4) is 11.3 Å². The number of hydrogen-bond acceptors (Lipinski definition) is 4. The third kappa shape index (κ3) is 5.11. The Morgan fingerprint density at radius 3 is 2.76 bits per heavy atom. The van der Waals surface area contributed by atoms with E-state index in [0.717, 1.165) is 26.7 Å². The highest BCUT2D eigenvalue weighted by Crippen LogP contribution is 2.29. The van der Waals surface area contributed by atoms with Crippen molar-refractivity contribution in [2.45, 2.75) is 18.7 Å². The van der Waals surface area contributed by atoms with Crippen molar-refractivity contribution in [2.75, 3.05) is 12.3 Å².